The van der Waals surface area contributed by atoms with Gasteiger partial charge in [-0.1, -0.05) is 126 Å². The number of anilines is 3. The molecule has 0 amide bonds. The van der Waals surface area contributed by atoms with E-state index in [1.165, 1.54) is 99.8 Å². The van der Waals surface area contributed by atoms with Crippen molar-refractivity contribution in [1.29, 1.82) is 0 Å². The van der Waals surface area contributed by atoms with Crippen LogP contribution in [0.2, 0.25) is 0 Å². The zero-order valence-corrected chi connectivity index (χ0v) is 35.5. The van der Waals surface area contributed by atoms with E-state index >= 15 is 0 Å². The Bertz CT molecular complexity index is 2790. The minimum atomic E-state index is -0.0962. The fraction of sp³-hybridized carbons (Fsp3) is 0.368. The first-order valence-corrected chi connectivity index (χ1v) is 22.6. The second kappa shape index (κ2) is 11.2. The lowest BCUT2D eigenvalue weighted by Gasteiger charge is -2.77. The summed E-state index contributed by atoms with van der Waals surface area (Å²) in [4.78, 5) is 2.49. The average molecular weight is 770 g/mol. The molecule has 13 rings (SSSR count). The molecule has 6 unspecified atom stereocenters. The number of benzene rings is 6. The highest BCUT2D eigenvalue weighted by atomic mass is 16.5. The molecule has 0 saturated heterocycles. The van der Waals surface area contributed by atoms with Gasteiger partial charge in [-0.25, -0.2) is 0 Å². The molecular formula is C57H55NO. The minimum Gasteiger partial charge on any atom is -0.457 e. The zero-order chi connectivity index (χ0) is 39.8. The molecule has 2 nitrogen and oxygen atoms in total. The Morgan fingerprint density at radius 1 is 0.508 bits per heavy atom. The lowest BCUT2D eigenvalue weighted by Crippen LogP contribution is -2.74. The minimum absolute atomic E-state index is 0.0708. The summed E-state index contributed by atoms with van der Waals surface area (Å²) >= 11 is 0. The molecule has 7 aliphatic rings. The second-order valence-corrected chi connectivity index (χ2v) is 21.6. The van der Waals surface area contributed by atoms with Gasteiger partial charge in [-0.15, -0.1) is 0 Å². The monoisotopic (exact) mass is 769 g/mol. The van der Waals surface area contributed by atoms with Crippen LogP contribution in [0.5, 0.6) is 11.5 Å². The third-order valence-corrected chi connectivity index (χ3v) is 17.8. The van der Waals surface area contributed by atoms with Crippen LogP contribution >= 0.6 is 0 Å². The third-order valence-electron chi connectivity index (χ3n) is 17.8. The van der Waals surface area contributed by atoms with Crippen molar-refractivity contribution in [2.75, 3.05) is 4.90 Å². The molecule has 1 aliphatic heterocycles. The number of rotatable bonds is 4. The SMILES string of the molecule is CC1(C)CCC(C)(C)c2c(-c3ccc(N(c4ccc5c(c4)Oc4ccccc4C54C5CC6CC7CC4C75C6)c4ccc5c(c4)C(C)(C)c4ccccc4-5)cc3)cccc21. The van der Waals surface area contributed by atoms with Gasteiger partial charge in [-0.05, 0) is 159 Å². The topological polar surface area (TPSA) is 12.5 Å². The van der Waals surface area contributed by atoms with Crippen LogP contribution in [0.15, 0.2) is 127 Å². The summed E-state index contributed by atoms with van der Waals surface area (Å²) in [5, 5.41) is 0. The Morgan fingerprint density at radius 3 is 1.98 bits per heavy atom. The number of hydrogen-bond donors (Lipinski definition) is 0. The van der Waals surface area contributed by atoms with E-state index in [0.717, 1.165) is 46.5 Å². The summed E-state index contributed by atoms with van der Waals surface area (Å²) in [6, 6.07) is 49.0. The van der Waals surface area contributed by atoms with Crippen LogP contribution in [0.3, 0.4) is 0 Å². The molecule has 6 aliphatic carbocycles. The largest absolute Gasteiger partial charge is 0.457 e. The van der Waals surface area contributed by atoms with Gasteiger partial charge in [0.25, 0.3) is 0 Å². The first kappa shape index (κ1) is 34.8. The molecule has 2 bridgehead atoms. The molecule has 2 heteroatoms. The second-order valence-electron chi connectivity index (χ2n) is 21.6. The number of para-hydroxylation sites is 1. The van der Waals surface area contributed by atoms with Crippen molar-refractivity contribution < 1.29 is 4.74 Å². The molecule has 4 saturated carbocycles. The van der Waals surface area contributed by atoms with Crippen molar-refractivity contribution in [2.24, 2.45) is 29.1 Å². The van der Waals surface area contributed by atoms with Gasteiger partial charge in [-0.3, -0.25) is 0 Å². The van der Waals surface area contributed by atoms with Crippen molar-refractivity contribution in [3.05, 3.63) is 161 Å². The maximum Gasteiger partial charge on any atom is 0.133 e. The highest BCUT2D eigenvalue weighted by Gasteiger charge is 2.84. The smallest absolute Gasteiger partial charge is 0.133 e. The van der Waals surface area contributed by atoms with Gasteiger partial charge in [0.1, 0.15) is 11.5 Å². The van der Waals surface area contributed by atoms with Crippen molar-refractivity contribution in [2.45, 2.75) is 102 Å². The van der Waals surface area contributed by atoms with Gasteiger partial charge in [-0.2, -0.15) is 0 Å². The van der Waals surface area contributed by atoms with E-state index < -0.39 is 0 Å². The number of fused-ring (bicyclic) bond motifs is 11. The first-order chi connectivity index (χ1) is 28.4. The summed E-state index contributed by atoms with van der Waals surface area (Å²) in [6.07, 6.45) is 8.12. The van der Waals surface area contributed by atoms with Crippen molar-refractivity contribution in [3.63, 3.8) is 0 Å². The fourth-order valence-corrected chi connectivity index (χ4v) is 15.3. The predicted octanol–water partition coefficient (Wildman–Crippen LogP) is 14.9. The van der Waals surface area contributed by atoms with Crippen LogP contribution in [-0.4, -0.2) is 0 Å². The Hall–Kier alpha value is -5.08. The Balaban J connectivity index is 0.966. The summed E-state index contributed by atoms with van der Waals surface area (Å²) < 4.78 is 7.05. The molecule has 1 heterocycles. The van der Waals surface area contributed by atoms with Gasteiger partial charge in [0, 0.05) is 45.1 Å². The molecule has 6 aromatic carbocycles. The average Bonchev–Trinajstić information content (AvgIpc) is 3.85. The Morgan fingerprint density at radius 2 is 1.15 bits per heavy atom. The van der Waals surface area contributed by atoms with E-state index in [1.54, 1.807) is 0 Å². The molecule has 0 aromatic heterocycles. The zero-order valence-electron chi connectivity index (χ0n) is 35.5. The maximum absolute atomic E-state index is 7.05. The van der Waals surface area contributed by atoms with Gasteiger partial charge in [0.2, 0.25) is 0 Å². The van der Waals surface area contributed by atoms with Crippen LogP contribution in [0.4, 0.5) is 17.1 Å². The lowest BCUT2D eigenvalue weighted by atomic mass is 9.26. The van der Waals surface area contributed by atoms with Crippen LogP contribution in [0.1, 0.15) is 113 Å². The molecule has 0 N–H and O–H groups in total. The van der Waals surface area contributed by atoms with Crippen LogP contribution < -0.4 is 9.64 Å². The van der Waals surface area contributed by atoms with Crippen molar-refractivity contribution in [3.8, 4) is 33.8 Å². The lowest BCUT2D eigenvalue weighted by molar-refractivity contribution is -0.235. The van der Waals surface area contributed by atoms with E-state index in [1.807, 2.05) is 0 Å². The number of ether oxygens (including phenoxy) is 1. The van der Waals surface area contributed by atoms with E-state index in [2.05, 4.69) is 174 Å². The molecule has 0 radical (unpaired) electrons. The fourth-order valence-electron chi connectivity index (χ4n) is 15.3. The van der Waals surface area contributed by atoms with Crippen LogP contribution in [-0.2, 0) is 21.7 Å². The highest BCUT2D eigenvalue weighted by molar-refractivity contribution is 5.87. The van der Waals surface area contributed by atoms with Gasteiger partial charge in [0.05, 0.1) is 0 Å². The normalized spacial score (nSPS) is 29.5. The Labute approximate surface area is 350 Å². The molecule has 294 valence electrons. The maximum atomic E-state index is 7.05. The van der Waals surface area contributed by atoms with Crippen LogP contribution in [0.25, 0.3) is 22.3 Å². The summed E-state index contributed by atoms with van der Waals surface area (Å²) in [5.74, 6) is 5.46. The van der Waals surface area contributed by atoms with Gasteiger partial charge < -0.3 is 9.64 Å². The number of hydrogen-bond acceptors (Lipinski definition) is 2. The summed E-state index contributed by atoms with van der Waals surface area (Å²) in [6.45, 7) is 14.5. The molecule has 2 spiro atoms. The predicted molar refractivity (Wildman–Crippen MR) is 242 cm³/mol. The summed E-state index contributed by atoms with van der Waals surface area (Å²) in [7, 11) is 0. The molecule has 4 fully saturated rings. The first-order valence-electron chi connectivity index (χ1n) is 22.6. The molecule has 6 aromatic rings. The molecular weight excluding hydrogens is 715 g/mol. The third kappa shape index (κ3) is 4.19. The molecule has 6 atom stereocenters. The highest BCUT2D eigenvalue weighted by Crippen LogP contribution is 2.89. The van der Waals surface area contributed by atoms with Gasteiger partial charge in [0.15, 0.2) is 0 Å². The quantitative estimate of drug-likeness (QED) is 0.177. The molecule has 59 heavy (non-hydrogen) atoms. The number of nitrogens with zero attached hydrogens (tertiary/aromatic N) is 1. The Kier molecular flexibility index (Phi) is 6.59. The van der Waals surface area contributed by atoms with E-state index in [-0.39, 0.29) is 21.7 Å². The van der Waals surface area contributed by atoms with Gasteiger partial charge >= 0.3 is 0 Å². The van der Waals surface area contributed by atoms with E-state index in [9.17, 15) is 0 Å². The summed E-state index contributed by atoms with van der Waals surface area (Å²) in [5.41, 5.74) is 18.4. The standard InChI is InChI=1S/C57H55NO/c1-53(2)26-27-54(3,4)52-40(13-11-16-46(52)53)35-18-20-37(21-19-35)58(38-22-24-42-41-12-7-8-14-43(41)55(5,6)47(42)31-38)39-23-25-45-49(32-39)59-48-17-10-9-15-44(48)57(45)50-29-34-28-36-30-51(57)56(36,50)33-34/h7-25,31-32,34,36,50-51H,26-30,33H2,1-6H3. The van der Waals surface area contributed by atoms with Crippen molar-refractivity contribution in [1.82, 2.24) is 0 Å². The van der Waals surface area contributed by atoms with Crippen molar-refractivity contribution >= 4 is 17.1 Å². The van der Waals surface area contributed by atoms with E-state index in [0.29, 0.717) is 5.41 Å². The van der Waals surface area contributed by atoms with Crippen LogP contribution in [0, 0.1) is 29.1 Å². The van der Waals surface area contributed by atoms with E-state index in [4.69, 9.17) is 4.74 Å².